The Labute approximate surface area is 154 Å². The van der Waals surface area contributed by atoms with E-state index in [0.29, 0.717) is 12.9 Å². The lowest BCUT2D eigenvalue weighted by Crippen LogP contribution is -2.20. The minimum atomic E-state index is -4.60. The van der Waals surface area contributed by atoms with Crippen LogP contribution < -0.4 is 15.2 Å². The molecule has 2 N–H and O–H groups in total. The van der Waals surface area contributed by atoms with Crippen LogP contribution in [0.25, 0.3) is 10.9 Å². The minimum Gasteiger partial charge on any atom is -0.489 e. The van der Waals surface area contributed by atoms with E-state index in [-0.39, 0.29) is 47.9 Å². The second-order valence-corrected chi connectivity index (χ2v) is 6.10. The highest BCUT2D eigenvalue weighted by Gasteiger charge is 2.34. The van der Waals surface area contributed by atoms with Gasteiger partial charge < -0.3 is 20.1 Å². The van der Waals surface area contributed by atoms with E-state index >= 15 is 0 Å². The topological polar surface area (TPSA) is 60.6 Å². The Morgan fingerprint density at radius 3 is 2.56 bits per heavy atom. The number of alkyl halides is 3. The molecule has 1 aromatic heterocycles. The number of nitrogens with zero attached hydrogens (tertiary/aromatic N) is 2. The molecule has 0 atom stereocenters. The van der Waals surface area contributed by atoms with Crippen molar-refractivity contribution in [2.75, 3.05) is 40.4 Å². The molecule has 0 aliphatic rings. The molecule has 0 saturated heterocycles. The molecule has 0 spiro atoms. The van der Waals surface area contributed by atoms with Gasteiger partial charge in [-0.3, -0.25) is 0 Å². The third-order valence-corrected chi connectivity index (χ3v) is 3.69. The van der Waals surface area contributed by atoms with Gasteiger partial charge in [-0.05, 0) is 32.3 Å². The van der Waals surface area contributed by atoms with E-state index in [0.717, 1.165) is 6.07 Å². The van der Waals surface area contributed by atoms with Gasteiger partial charge in [-0.2, -0.15) is 13.2 Å². The van der Waals surface area contributed by atoms with Gasteiger partial charge >= 0.3 is 6.18 Å². The third-order valence-electron chi connectivity index (χ3n) is 3.69. The van der Waals surface area contributed by atoms with E-state index in [1.807, 2.05) is 19.0 Å². The van der Waals surface area contributed by atoms with E-state index in [9.17, 15) is 17.6 Å². The fourth-order valence-corrected chi connectivity index (χ4v) is 2.22. The van der Waals surface area contributed by atoms with E-state index in [1.54, 1.807) is 0 Å². The van der Waals surface area contributed by atoms with Crippen LogP contribution in [0.15, 0.2) is 36.2 Å². The lowest BCUT2D eigenvalue weighted by Gasteiger charge is -2.15. The van der Waals surface area contributed by atoms with E-state index in [2.05, 4.69) is 4.98 Å². The number of likely N-dealkylation sites (N-methyl/N-ethyl adjacent to an activating group) is 1. The molecule has 1 aromatic carbocycles. The van der Waals surface area contributed by atoms with Crippen molar-refractivity contribution >= 4 is 10.9 Å². The Kier molecular flexibility index (Phi) is 6.98. The zero-order valence-corrected chi connectivity index (χ0v) is 15.0. The maximum absolute atomic E-state index is 13.5. The van der Waals surface area contributed by atoms with Crippen LogP contribution >= 0.6 is 0 Å². The molecule has 0 saturated carbocycles. The first kappa shape index (κ1) is 20.9. The molecule has 27 heavy (non-hydrogen) atoms. The summed E-state index contributed by atoms with van der Waals surface area (Å²) in [5.41, 5.74) is 4.76. The van der Waals surface area contributed by atoms with Crippen LogP contribution in [-0.2, 0) is 6.18 Å². The van der Waals surface area contributed by atoms with Gasteiger partial charge in [-0.1, -0.05) is 0 Å². The molecule has 5 nitrogen and oxygen atoms in total. The lowest BCUT2D eigenvalue weighted by atomic mass is 10.1. The molecule has 0 amide bonds. The normalized spacial score (nSPS) is 12.7. The molecule has 9 heteroatoms. The number of halogens is 4. The Hall–Kier alpha value is -2.39. The van der Waals surface area contributed by atoms with Crippen LogP contribution in [0.3, 0.4) is 0 Å². The number of benzene rings is 1. The summed E-state index contributed by atoms with van der Waals surface area (Å²) >= 11 is 0. The number of aromatic nitrogens is 1. The Bertz CT molecular complexity index is 807. The van der Waals surface area contributed by atoms with Crippen molar-refractivity contribution in [1.82, 2.24) is 9.88 Å². The first-order valence-electron chi connectivity index (χ1n) is 8.15. The first-order chi connectivity index (χ1) is 12.7. The van der Waals surface area contributed by atoms with Gasteiger partial charge in [0.05, 0.1) is 17.4 Å². The molecule has 2 aromatic rings. The van der Waals surface area contributed by atoms with Crippen molar-refractivity contribution < 1.29 is 27.0 Å². The van der Waals surface area contributed by atoms with Crippen LogP contribution in [-0.4, -0.2) is 50.3 Å². The van der Waals surface area contributed by atoms with Gasteiger partial charge in [-0.25, -0.2) is 9.37 Å². The molecular formula is C18H21F4N3O2. The highest BCUT2D eigenvalue weighted by molar-refractivity contribution is 5.84. The van der Waals surface area contributed by atoms with Gasteiger partial charge in [0.1, 0.15) is 19.0 Å². The maximum Gasteiger partial charge on any atom is 0.417 e. The number of rotatable bonds is 8. The van der Waals surface area contributed by atoms with Crippen molar-refractivity contribution in [1.29, 1.82) is 0 Å². The van der Waals surface area contributed by atoms with Crippen LogP contribution in [0.1, 0.15) is 5.56 Å². The molecule has 0 radical (unpaired) electrons. The zero-order valence-electron chi connectivity index (χ0n) is 15.0. The monoisotopic (exact) mass is 387 g/mol. The van der Waals surface area contributed by atoms with Gasteiger partial charge in [0.15, 0.2) is 0 Å². The third kappa shape index (κ3) is 5.80. The largest absolute Gasteiger partial charge is 0.489 e. The summed E-state index contributed by atoms with van der Waals surface area (Å²) < 4.78 is 63.7. The molecule has 0 bridgehead atoms. The summed E-state index contributed by atoms with van der Waals surface area (Å²) in [6.07, 6.45) is -4.28. The fourth-order valence-electron chi connectivity index (χ4n) is 2.22. The van der Waals surface area contributed by atoms with E-state index < -0.39 is 11.7 Å². The van der Waals surface area contributed by atoms with Gasteiger partial charge in [-0.15, -0.1) is 0 Å². The molecule has 0 aliphatic carbocycles. The van der Waals surface area contributed by atoms with Crippen molar-refractivity contribution in [2.24, 2.45) is 5.73 Å². The second kappa shape index (κ2) is 9.01. The average molecular weight is 387 g/mol. The number of fused-ring (bicyclic) bond motifs is 1. The summed E-state index contributed by atoms with van der Waals surface area (Å²) in [4.78, 5) is 5.97. The van der Waals surface area contributed by atoms with Crippen molar-refractivity contribution in [3.63, 3.8) is 0 Å². The number of hydrogen-bond donors (Lipinski definition) is 1. The molecule has 0 fully saturated rings. The van der Waals surface area contributed by atoms with Crippen LogP contribution in [0, 0.1) is 0 Å². The standard InChI is InChI=1S/C18H21F4N3O2/c1-25(2)5-6-26-17-8-15(18(20,21)22)14-7-13(3-4-16(14)24-17)27-11-12(9-19)10-23/h3-4,7-9H,5-6,10-11,23H2,1-2H3/b12-9+. The molecule has 0 aliphatic heterocycles. The summed E-state index contributed by atoms with van der Waals surface area (Å²) in [7, 11) is 3.65. The van der Waals surface area contributed by atoms with Gasteiger partial charge in [0, 0.05) is 30.1 Å². The quantitative estimate of drug-likeness (QED) is 0.704. The van der Waals surface area contributed by atoms with Crippen LogP contribution in [0.2, 0.25) is 0 Å². The van der Waals surface area contributed by atoms with Crippen molar-refractivity contribution in [3.8, 4) is 11.6 Å². The second-order valence-electron chi connectivity index (χ2n) is 6.10. The summed E-state index contributed by atoms with van der Waals surface area (Å²) in [6.45, 7) is 0.549. The predicted molar refractivity (Wildman–Crippen MR) is 94.5 cm³/mol. The number of pyridine rings is 1. The Morgan fingerprint density at radius 2 is 1.96 bits per heavy atom. The summed E-state index contributed by atoms with van der Waals surface area (Å²) in [5, 5.41) is -0.126. The number of nitrogens with two attached hydrogens (primary N) is 1. The van der Waals surface area contributed by atoms with Gasteiger partial charge in [0.25, 0.3) is 0 Å². The predicted octanol–water partition coefficient (Wildman–Crippen LogP) is 3.38. The maximum atomic E-state index is 13.5. The average Bonchev–Trinajstić information content (AvgIpc) is 2.61. The fraction of sp³-hybridized carbons (Fsp3) is 0.389. The Balaban J connectivity index is 2.35. The van der Waals surface area contributed by atoms with E-state index in [1.165, 1.54) is 18.2 Å². The summed E-state index contributed by atoms with van der Waals surface area (Å²) in [5.74, 6) is 0.0556. The first-order valence-corrected chi connectivity index (χ1v) is 8.15. The molecule has 1 heterocycles. The van der Waals surface area contributed by atoms with Crippen molar-refractivity contribution in [3.05, 3.63) is 41.7 Å². The molecule has 148 valence electrons. The highest BCUT2D eigenvalue weighted by Crippen LogP contribution is 2.37. The van der Waals surface area contributed by atoms with Crippen LogP contribution in [0.4, 0.5) is 17.6 Å². The van der Waals surface area contributed by atoms with E-state index in [4.69, 9.17) is 15.2 Å². The minimum absolute atomic E-state index is 0.0485. The molecular weight excluding hydrogens is 366 g/mol. The smallest absolute Gasteiger partial charge is 0.417 e. The van der Waals surface area contributed by atoms with Crippen molar-refractivity contribution in [2.45, 2.75) is 6.18 Å². The van der Waals surface area contributed by atoms with Crippen LogP contribution in [0.5, 0.6) is 11.6 Å². The zero-order chi connectivity index (χ0) is 20.0. The molecule has 0 unspecified atom stereocenters. The van der Waals surface area contributed by atoms with Gasteiger partial charge in [0.2, 0.25) is 5.88 Å². The molecule has 2 rings (SSSR count). The lowest BCUT2D eigenvalue weighted by molar-refractivity contribution is -0.136. The SMILES string of the molecule is CN(C)CCOc1cc(C(F)(F)F)c2cc(OC/C(=C/F)CN)ccc2n1. The number of hydrogen-bond acceptors (Lipinski definition) is 5. The number of ether oxygens (including phenoxy) is 2. The summed E-state index contributed by atoms with van der Waals surface area (Å²) in [6, 6.07) is 4.96. The Morgan fingerprint density at radius 1 is 1.22 bits per heavy atom. The highest BCUT2D eigenvalue weighted by atomic mass is 19.4.